The fourth-order valence-corrected chi connectivity index (χ4v) is 7.04. The van der Waals surface area contributed by atoms with E-state index in [4.69, 9.17) is 4.74 Å². The first-order valence-electron chi connectivity index (χ1n) is 16.6. The second kappa shape index (κ2) is 13.7. The van der Waals surface area contributed by atoms with Crippen LogP contribution in [-0.2, 0) is 27.0 Å². The third-order valence-corrected chi connectivity index (χ3v) is 9.47. The lowest BCUT2D eigenvalue weighted by Gasteiger charge is -2.38. The summed E-state index contributed by atoms with van der Waals surface area (Å²) in [5.41, 5.74) is 1.80. The van der Waals surface area contributed by atoms with Crippen LogP contribution in [0.5, 0.6) is 0 Å². The summed E-state index contributed by atoms with van der Waals surface area (Å²) in [4.78, 5) is 51.7. The summed E-state index contributed by atoms with van der Waals surface area (Å²) in [7, 11) is 0. The largest absolute Gasteiger partial charge is 0.433 e. The molecule has 264 valence electrons. The summed E-state index contributed by atoms with van der Waals surface area (Å²) < 4.78 is 47.6. The molecule has 51 heavy (non-hydrogen) atoms. The van der Waals surface area contributed by atoms with Crippen molar-refractivity contribution < 1.29 is 32.3 Å². The molecule has 0 saturated carbocycles. The van der Waals surface area contributed by atoms with Gasteiger partial charge >= 0.3 is 6.18 Å². The Morgan fingerprint density at radius 2 is 1.90 bits per heavy atom. The van der Waals surface area contributed by atoms with Gasteiger partial charge < -0.3 is 15.4 Å². The van der Waals surface area contributed by atoms with Crippen LogP contribution in [0.3, 0.4) is 0 Å². The molecule has 3 amide bonds. The van der Waals surface area contributed by atoms with E-state index in [9.17, 15) is 27.6 Å². The predicted octanol–water partition coefficient (Wildman–Crippen LogP) is 3.62. The molecule has 2 fully saturated rings. The third kappa shape index (κ3) is 6.73. The molecule has 7 rings (SSSR count). The van der Waals surface area contributed by atoms with Crippen LogP contribution in [0.25, 0.3) is 5.69 Å². The Bertz CT molecular complexity index is 1980. The number of hydrogen-bond donors (Lipinski definition) is 2. The minimum absolute atomic E-state index is 0.161. The Balaban J connectivity index is 1.19. The van der Waals surface area contributed by atoms with Crippen LogP contribution >= 0.6 is 0 Å². The zero-order valence-corrected chi connectivity index (χ0v) is 27.6. The number of para-hydroxylation sites is 1. The number of hydrogen-bond acceptors (Lipinski definition) is 8. The number of nitrogens with zero attached hydrogens (tertiary/aromatic N) is 6. The van der Waals surface area contributed by atoms with Crippen molar-refractivity contribution in [3.05, 3.63) is 113 Å². The number of carbonyl (C=O) groups is 3. The molecular weight excluding hydrogens is 665 g/mol. The minimum atomic E-state index is -4.80. The smallest absolute Gasteiger partial charge is 0.375 e. The Hall–Kier alpha value is -5.41. The number of fused-ring (bicyclic) bond motifs is 3. The van der Waals surface area contributed by atoms with Crippen molar-refractivity contribution in [2.24, 2.45) is 0 Å². The van der Waals surface area contributed by atoms with Crippen molar-refractivity contribution in [3.63, 3.8) is 0 Å². The van der Waals surface area contributed by atoms with Crippen LogP contribution in [0.4, 0.5) is 19.0 Å². The number of aromatic nitrogens is 4. The molecule has 0 radical (unpaired) electrons. The topological polar surface area (TPSA) is 135 Å². The summed E-state index contributed by atoms with van der Waals surface area (Å²) in [5.74, 6) is -2.87. The van der Waals surface area contributed by atoms with Crippen LogP contribution in [0.15, 0.2) is 85.2 Å². The highest BCUT2D eigenvalue weighted by Crippen LogP contribution is 2.41. The maximum atomic E-state index is 14.3. The molecule has 2 bridgehead atoms. The number of halogens is 3. The monoisotopic (exact) mass is 700 g/mol. The van der Waals surface area contributed by atoms with E-state index < -0.39 is 41.5 Å². The number of alkyl halides is 3. The molecule has 2 aromatic carbocycles. The molecule has 3 aliphatic rings. The van der Waals surface area contributed by atoms with Crippen LogP contribution < -0.4 is 15.5 Å². The van der Waals surface area contributed by atoms with Crippen LogP contribution in [-0.4, -0.2) is 86.8 Å². The van der Waals surface area contributed by atoms with Gasteiger partial charge in [0.1, 0.15) is 17.6 Å². The first-order chi connectivity index (χ1) is 24.5. The van der Waals surface area contributed by atoms with Gasteiger partial charge in [-0.15, -0.1) is 0 Å². The number of carbonyl (C=O) groups excluding carboxylic acids is 3. The molecule has 0 aliphatic carbocycles. The van der Waals surface area contributed by atoms with Crippen molar-refractivity contribution in [2.75, 3.05) is 31.1 Å². The first kappa shape index (κ1) is 34.1. The molecule has 2 N–H and O–H groups in total. The van der Waals surface area contributed by atoms with Crippen LogP contribution in [0.2, 0.25) is 0 Å². The Morgan fingerprint density at radius 3 is 2.61 bits per heavy atom. The van der Waals surface area contributed by atoms with Gasteiger partial charge in [0, 0.05) is 55.5 Å². The maximum Gasteiger partial charge on any atom is 0.433 e. The van der Waals surface area contributed by atoms with E-state index in [1.54, 1.807) is 29.9 Å². The van der Waals surface area contributed by atoms with Crippen molar-refractivity contribution in [1.82, 2.24) is 35.3 Å². The normalized spacial score (nSPS) is 21.4. The van der Waals surface area contributed by atoms with E-state index in [0.29, 0.717) is 53.5 Å². The molecule has 0 spiro atoms. The highest BCUT2D eigenvalue weighted by Gasteiger charge is 2.45. The number of amides is 3. The van der Waals surface area contributed by atoms with Crippen molar-refractivity contribution in [1.29, 1.82) is 0 Å². The molecule has 2 aromatic heterocycles. The molecule has 0 unspecified atom stereocenters. The average molecular weight is 701 g/mol. The van der Waals surface area contributed by atoms with Crippen molar-refractivity contribution >= 4 is 23.5 Å². The van der Waals surface area contributed by atoms with Gasteiger partial charge in [-0.3, -0.25) is 24.2 Å². The number of anilines is 1. The fraction of sp³-hybridized carbons (Fsp3) is 0.333. The predicted molar refractivity (Wildman–Crippen MR) is 179 cm³/mol. The van der Waals surface area contributed by atoms with Crippen molar-refractivity contribution in [3.8, 4) is 5.69 Å². The van der Waals surface area contributed by atoms with E-state index in [-0.39, 0.29) is 25.1 Å². The lowest BCUT2D eigenvalue weighted by atomic mass is 9.82. The molecule has 4 aromatic rings. The first-order valence-corrected chi connectivity index (χ1v) is 16.6. The molecule has 3 aliphatic heterocycles. The fourth-order valence-electron chi connectivity index (χ4n) is 7.04. The zero-order valence-electron chi connectivity index (χ0n) is 27.6. The molecule has 5 heterocycles. The molecule has 2 saturated heterocycles. The number of rotatable bonds is 10. The highest BCUT2D eigenvalue weighted by molar-refractivity contribution is 6.04. The van der Waals surface area contributed by atoms with Gasteiger partial charge in [0.2, 0.25) is 11.7 Å². The van der Waals surface area contributed by atoms with Crippen LogP contribution in [0, 0.1) is 0 Å². The summed E-state index contributed by atoms with van der Waals surface area (Å²) in [6.07, 6.45) is -1.16. The average Bonchev–Trinajstić information content (AvgIpc) is 3.88. The summed E-state index contributed by atoms with van der Waals surface area (Å²) in [6, 6.07) is 16.1. The standard InChI is InChI=1S/C36H35F3N8O4/c1-3-46-34-27(17-42-47(34)24-10-5-4-6-11-24)29(30(35(46)50)44-33(49)31-40-13-12-28(43-31)36(37,38)39)23-9-7-8-22(14-23)16-41-32(48)21(2)18-45-19-26-15-25(45)20-51-26/h4-14,17,25-26,29-30H,2-3,15-16,18-20H2,1H3,(H,41,48)(H,44,49)/t25-,26-,29-,30+/m0/s1. The van der Waals surface area contributed by atoms with Gasteiger partial charge in [0.25, 0.3) is 11.8 Å². The molecule has 15 heteroatoms. The van der Waals surface area contributed by atoms with Gasteiger partial charge in [-0.2, -0.15) is 18.3 Å². The lowest BCUT2D eigenvalue weighted by Crippen LogP contribution is -2.55. The van der Waals surface area contributed by atoms with E-state index in [1.807, 2.05) is 42.5 Å². The molecule has 4 atom stereocenters. The maximum absolute atomic E-state index is 14.3. The van der Waals surface area contributed by atoms with Gasteiger partial charge in [0.05, 0.1) is 24.6 Å². The molecular formula is C36H35F3N8O4. The second-order valence-electron chi connectivity index (χ2n) is 12.8. The lowest BCUT2D eigenvalue weighted by molar-refractivity contribution is -0.141. The zero-order chi connectivity index (χ0) is 35.9. The van der Waals surface area contributed by atoms with Gasteiger partial charge in [-0.25, -0.2) is 14.6 Å². The van der Waals surface area contributed by atoms with E-state index in [2.05, 4.69) is 37.2 Å². The number of morpholine rings is 1. The number of benzene rings is 2. The minimum Gasteiger partial charge on any atom is -0.375 e. The van der Waals surface area contributed by atoms with E-state index >= 15 is 0 Å². The number of likely N-dealkylation sites (N-methyl/N-ethyl adjacent to an activating group) is 1. The number of nitrogens with one attached hydrogen (secondary N) is 2. The number of likely N-dealkylation sites (tertiary alicyclic amines) is 1. The quantitative estimate of drug-likeness (QED) is 0.240. The number of ether oxygens (including phenoxy) is 1. The van der Waals surface area contributed by atoms with E-state index in [1.165, 1.54) is 4.90 Å². The van der Waals surface area contributed by atoms with Crippen molar-refractivity contribution in [2.45, 2.75) is 50.2 Å². The second-order valence-corrected chi connectivity index (χ2v) is 12.8. The Morgan fingerprint density at radius 1 is 1.10 bits per heavy atom. The SMILES string of the molecule is C=C(CN1C[C@@H]2C[C@H]1CO2)C(=O)NCc1cccc([C@H]2c3cnn(-c4ccccc4)c3N(CC)C(=O)[C@@H]2NC(=O)c2nccc(C(F)(F)F)n2)c1. The third-order valence-electron chi connectivity index (χ3n) is 9.47. The Kier molecular flexibility index (Phi) is 9.16. The van der Waals surface area contributed by atoms with E-state index in [0.717, 1.165) is 24.7 Å². The summed E-state index contributed by atoms with van der Waals surface area (Å²) in [6.45, 7) is 8.03. The van der Waals surface area contributed by atoms with Crippen LogP contribution in [0.1, 0.15) is 52.3 Å². The summed E-state index contributed by atoms with van der Waals surface area (Å²) >= 11 is 0. The van der Waals surface area contributed by atoms with Gasteiger partial charge in [-0.1, -0.05) is 49.0 Å². The highest BCUT2D eigenvalue weighted by atomic mass is 19.4. The Labute approximate surface area is 291 Å². The summed E-state index contributed by atoms with van der Waals surface area (Å²) in [5, 5.41) is 10.2. The molecule has 12 nitrogen and oxygen atoms in total. The van der Waals surface area contributed by atoms with Gasteiger partial charge in [-0.05, 0) is 42.7 Å². The van der Waals surface area contributed by atoms with Gasteiger partial charge in [0.15, 0.2) is 0 Å².